The lowest BCUT2D eigenvalue weighted by molar-refractivity contribution is -0.0634. The zero-order chi connectivity index (χ0) is 19.3. The molecule has 0 amide bonds. The van der Waals surface area contributed by atoms with Crippen molar-refractivity contribution < 1.29 is 9.84 Å². The van der Waals surface area contributed by atoms with E-state index in [9.17, 15) is 5.11 Å². The predicted octanol–water partition coefficient (Wildman–Crippen LogP) is 3.40. The van der Waals surface area contributed by atoms with Gasteiger partial charge in [0, 0.05) is 39.3 Å². The van der Waals surface area contributed by atoms with Crippen LogP contribution in [0.25, 0.3) is 0 Å². The highest BCUT2D eigenvalue weighted by Crippen LogP contribution is 2.39. The molecule has 1 aromatic carbocycles. The van der Waals surface area contributed by atoms with Gasteiger partial charge in [-0.15, -0.1) is 0 Å². The Morgan fingerprint density at radius 1 is 1.07 bits per heavy atom. The zero-order valence-corrected chi connectivity index (χ0v) is 17.4. The molecule has 2 aliphatic rings. The van der Waals surface area contributed by atoms with Gasteiger partial charge in [-0.25, -0.2) is 0 Å². The average molecular weight is 375 g/mol. The van der Waals surface area contributed by atoms with Crippen LogP contribution in [-0.2, 0) is 11.3 Å². The number of β-amino-alcohol motifs (C(OH)–C–C–N with tert-alkyl or cyclic N) is 1. The molecule has 1 N–H and O–H groups in total. The van der Waals surface area contributed by atoms with E-state index in [1.807, 2.05) is 0 Å². The van der Waals surface area contributed by atoms with Gasteiger partial charge in [-0.2, -0.15) is 0 Å². The highest BCUT2D eigenvalue weighted by atomic mass is 16.5. The van der Waals surface area contributed by atoms with E-state index in [4.69, 9.17) is 4.74 Å². The van der Waals surface area contributed by atoms with E-state index in [1.54, 1.807) is 0 Å². The minimum atomic E-state index is -0.383. The van der Waals surface area contributed by atoms with Gasteiger partial charge < -0.3 is 9.84 Å². The SMILES string of the molecule is C[C@@H]1C[C@@H](OC[C@@H](O)CN2CCN(Cc3ccccc3)CC2)CC(C)(C)C1. The number of nitrogens with zero attached hydrogens (tertiary/aromatic N) is 2. The van der Waals surface area contributed by atoms with Crippen molar-refractivity contribution in [1.82, 2.24) is 9.80 Å². The number of aliphatic hydroxyl groups excluding tert-OH is 1. The standard InChI is InChI=1S/C23H38N2O2/c1-19-13-22(15-23(2,3)14-19)27-18-21(26)17-25-11-9-24(10-12-25)16-20-7-5-4-6-8-20/h4-8,19,21-22,26H,9-18H2,1-3H3/t19-,21+,22-/m1/s1. The Hall–Kier alpha value is -0.940. The molecule has 1 aliphatic heterocycles. The molecule has 0 radical (unpaired) electrons. The Balaban J connectivity index is 1.34. The van der Waals surface area contributed by atoms with Crippen LogP contribution >= 0.6 is 0 Å². The molecule has 0 spiro atoms. The molecule has 3 atom stereocenters. The smallest absolute Gasteiger partial charge is 0.0900 e. The fraction of sp³-hybridized carbons (Fsp3) is 0.739. The van der Waals surface area contributed by atoms with Crippen LogP contribution in [0.15, 0.2) is 30.3 Å². The van der Waals surface area contributed by atoms with Crippen molar-refractivity contribution >= 4 is 0 Å². The van der Waals surface area contributed by atoms with Gasteiger partial charge in [0.2, 0.25) is 0 Å². The molecule has 152 valence electrons. The summed E-state index contributed by atoms with van der Waals surface area (Å²) in [5, 5.41) is 10.4. The number of ether oxygens (including phenoxy) is 1. The maximum atomic E-state index is 10.4. The zero-order valence-electron chi connectivity index (χ0n) is 17.4. The second kappa shape index (κ2) is 9.51. The molecule has 1 aromatic rings. The minimum Gasteiger partial charge on any atom is -0.389 e. The van der Waals surface area contributed by atoms with Crippen LogP contribution in [0, 0.1) is 11.3 Å². The Kier molecular flexibility index (Phi) is 7.32. The molecule has 4 nitrogen and oxygen atoms in total. The first-order valence-corrected chi connectivity index (χ1v) is 10.7. The third-order valence-electron chi connectivity index (χ3n) is 6.05. The van der Waals surface area contributed by atoms with Crippen LogP contribution < -0.4 is 0 Å². The van der Waals surface area contributed by atoms with Crippen molar-refractivity contribution in [2.24, 2.45) is 11.3 Å². The molecule has 1 saturated heterocycles. The minimum absolute atomic E-state index is 0.307. The van der Waals surface area contributed by atoms with Gasteiger partial charge in [0.05, 0.1) is 18.8 Å². The first kappa shape index (κ1) is 20.8. The molecule has 1 aliphatic carbocycles. The lowest BCUT2D eigenvalue weighted by Crippen LogP contribution is -2.48. The summed E-state index contributed by atoms with van der Waals surface area (Å²) < 4.78 is 6.11. The molecule has 0 unspecified atom stereocenters. The summed E-state index contributed by atoms with van der Waals surface area (Å²) in [4.78, 5) is 4.88. The Bertz CT molecular complexity index is 555. The number of piperazine rings is 1. The normalized spacial score (nSPS) is 28.1. The van der Waals surface area contributed by atoms with Gasteiger partial charge in [-0.3, -0.25) is 9.80 Å². The molecule has 0 aromatic heterocycles. The number of hydrogen-bond acceptors (Lipinski definition) is 4. The Morgan fingerprint density at radius 3 is 2.41 bits per heavy atom. The highest BCUT2D eigenvalue weighted by Gasteiger charge is 2.32. The van der Waals surface area contributed by atoms with E-state index in [1.165, 1.54) is 12.0 Å². The van der Waals surface area contributed by atoms with Crippen LogP contribution in [0.1, 0.15) is 45.6 Å². The molecular weight excluding hydrogens is 336 g/mol. The summed E-state index contributed by atoms with van der Waals surface area (Å²) in [6, 6.07) is 10.7. The summed E-state index contributed by atoms with van der Waals surface area (Å²) in [5.41, 5.74) is 1.74. The number of rotatable bonds is 7. The average Bonchev–Trinajstić information content (AvgIpc) is 2.61. The number of aliphatic hydroxyl groups is 1. The summed E-state index contributed by atoms with van der Waals surface area (Å²) >= 11 is 0. The second-order valence-electron chi connectivity index (χ2n) is 9.58. The van der Waals surface area contributed by atoms with Crippen molar-refractivity contribution in [3.05, 3.63) is 35.9 Å². The third-order valence-corrected chi connectivity index (χ3v) is 6.05. The molecule has 27 heavy (non-hydrogen) atoms. The van der Waals surface area contributed by atoms with Gasteiger partial charge >= 0.3 is 0 Å². The van der Waals surface area contributed by atoms with Gasteiger partial charge in [0.25, 0.3) is 0 Å². The highest BCUT2D eigenvalue weighted by molar-refractivity contribution is 5.14. The summed E-state index contributed by atoms with van der Waals surface area (Å²) in [6.45, 7) is 13.4. The van der Waals surface area contributed by atoms with E-state index >= 15 is 0 Å². The fourth-order valence-electron chi connectivity index (χ4n) is 4.95. The molecule has 0 bridgehead atoms. The summed E-state index contributed by atoms with van der Waals surface area (Å²) in [7, 11) is 0. The first-order chi connectivity index (χ1) is 12.9. The maximum absolute atomic E-state index is 10.4. The summed E-state index contributed by atoms with van der Waals surface area (Å²) in [6.07, 6.45) is 3.45. The first-order valence-electron chi connectivity index (χ1n) is 10.7. The van der Waals surface area contributed by atoms with Crippen LogP contribution in [0.5, 0.6) is 0 Å². The molecule has 4 heteroatoms. The van der Waals surface area contributed by atoms with Crippen LogP contribution in [-0.4, -0.2) is 66.4 Å². The van der Waals surface area contributed by atoms with Gasteiger partial charge in [0.1, 0.15) is 0 Å². The fourth-order valence-corrected chi connectivity index (χ4v) is 4.95. The monoisotopic (exact) mass is 374 g/mol. The van der Waals surface area contributed by atoms with Crippen molar-refractivity contribution in [2.45, 2.75) is 58.8 Å². The van der Waals surface area contributed by atoms with Crippen molar-refractivity contribution in [3.63, 3.8) is 0 Å². The molecule has 1 saturated carbocycles. The maximum Gasteiger partial charge on any atom is 0.0900 e. The topological polar surface area (TPSA) is 35.9 Å². The van der Waals surface area contributed by atoms with Gasteiger partial charge in [-0.05, 0) is 36.2 Å². The number of hydrogen-bond donors (Lipinski definition) is 1. The van der Waals surface area contributed by atoms with Crippen LogP contribution in [0.3, 0.4) is 0 Å². The molecule has 2 fully saturated rings. The number of benzene rings is 1. The third kappa shape index (κ3) is 6.86. The second-order valence-corrected chi connectivity index (χ2v) is 9.58. The predicted molar refractivity (Wildman–Crippen MR) is 111 cm³/mol. The van der Waals surface area contributed by atoms with E-state index in [2.05, 4.69) is 60.9 Å². The van der Waals surface area contributed by atoms with Gasteiger partial charge in [0.15, 0.2) is 0 Å². The lowest BCUT2D eigenvalue weighted by Gasteiger charge is -2.39. The van der Waals surface area contributed by atoms with E-state index in [0.29, 0.717) is 24.0 Å². The Morgan fingerprint density at radius 2 is 1.74 bits per heavy atom. The summed E-state index contributed by atoms with van der Waals surface area (Å²) in [5.74, 6) is 0.716. The van der Waals surface area contributed by atoms with Crippen molar-refractivity contribution in [3.8, 4) is 0 Å². The van der Waals surface area contributed by atoms with Crippen molar-refractivity contribution in [2.75, 3.05) is 39.3 Å². The Labute approximate surface area is 165 Å². The van der Waals surface area contributed by atoms with Crippen molar-refractivity contribution in [1.29, 1.82) is 0 Å². The lowest BCUT2D eigenvalue weighted by atomic mass is 9.71. The largest absolute Gasteiger partial charge is 0.389 e. The van der Waals surface area contributed by atoms with Gasteiger partial charge in [-0.1, -0.05) is 51.1 Å². The van der Waals surface area contributed by atoms with Crippen LogP contribution in [0.2, 0.25) is 0 Å². The molecule has 3 rings (SSSR count). The van der Waals surface area contributed by atoms with Crippen LogP contribution in [0.4, 0.5) is 0 Å². The molecular formula is C23H38N2O2. The van der Waals surface area contributed by atoms with E-state index < -0.39 is 0 Å². The quantitative estimate of drug-likeness (QED) is 0.794. The van der Waals surface area contributed by atoms with E-state index in [0.717, 1.165) is 52.1 Å². The van der Waals surface area contributed by atoms with E-state index in [-0.39, 0.29) is 6.10 Å². The molecule has 1 heterocycles.